The summed E-state index contributed by atoms with van der Waals surface area (Å²) < 4.78 is 32.2. The number of hydrogen-bond acceptors (Lipinski definition) is 3. The Morgan fingerprint density at radius 2 is 1.89 bits per heavy atom. The highest BCUT2D eigenvalue weighted by molar-refractivity contribution is 7.89. The zero-order valence-electron chi connectivity index (χ0n) is 11.7. The van der Waals surface area contributed by atoms with Gasteiger partial charge < -0.3 is 4.74 Å². The molecule has 1 aromatic rings. The van der Waals surface area contributed by atoms with Gasteiger partial charge >= 0.3 is 0 Å². The highest BCUT2D eigenvalue weighted by atomic mass is 32.2. The second-order valence-corrected chi connectivity index (χ2v) is 7.27. The molecular weight excluding hydrogens is 262 g/mol. The van der Waals surface area contributed by atoms with Crippen molar-refractivity contribution in [3.05, 3.63) is 29.8 Å². The molecule has 0 aliphatic carbocycles. The van der Waals surface area contributed by atoms with Crippen LogP contribution in [0.15, 0.2) is 29.2 Å². The number of hydrogen-bond donors (Lipinski definition) is 0. The van der Waals surface area contributed by atoms with Crippen LogP contribution in [0.25, 0.3) is 0 Å². The van der Waals surface area contributed by atoms with Gasteiger partial charge in [0, 0.05) is 13.1 Å². The first-order chi connectivity index (χ1) is 8.91. The second-order valence-electron chi connectivity index (χ2n) is 5.33. The number of morpholine rings is 1. The van der Waals surface area contributed by atoms with Crippen molar-refractivity contribution in [2.75, 3.05) is 19.7 Å². The van der Waals surface area contributed by atoms with Gasteiger partial charge in [0.15, 0.2) is 0 Å². The fourth-order valence-corrected chi connectivity index (χ4v) is 3.57. The molecular formula is C14H21NO3S. The maximum atomic E-state index is 12.5. The molecule has 0 saturated carbocycles. The van der Waals surface area contributed by atoms with Crippen molar-refractivity contribution >= 4 is 10.0 Å². The zero-order valence-corrected chi connectivity index (χ0v) is 12.5. The lowest BCUT2D eigenvalue weighted by Gasteiger charge is -2.34. The Morgan fingerprint density at radius 3 is 2.47 bits per heavy atom. The minimum Gasteiger partial charge on any atom is -0.375 e. The van der Waals surface area contributed by atoms with Crippen LogP contribution in [-0.2, 0) is 14.8 Å². The predicted octanol–water partition coefficient (Wildman–Crippen LogP) is 2.04. The number of ether oxygens (including phenoxy) is 1. The third kappa shape index (κ3) is 3.16. The van der Waals surface area contributed by atoms with Crippen LogP contribution in [0.2, 0.25) is 0 Å². The minimum atomic E-state index is -3.39. The zero-order chi connectivity index (χ0) is 14.0. The summed E-state index contributed by atoms with van der Waals surface area (Å²) in [5.74, 6) is 0.316. The molecule has 19 heavy (non-hydrogen) atoms. The summed E-state index contributed by atoms with van der Waals surface area (Å²) in [6.07, 6.45) is -0.0195. The average Bonchev–Trinajstić information content (AvgIpc) is 2.39. The molecule has 1 heterocycles. The molecule has 1 aromatic carbocycles. The fourth-order valence-electron chi connectivity index (χ4n) is 2.13. The van der Waals surface area contributed by atoms with E-state index in [2.05, 4.69) is 0 Å². The van der Waals surface area contributed by atoms with Crippen LogP contribution < -0.4 is 0 Å². The van der Waals surface area contributed by atoms with E-state index in [9.17, 15) is 8.42 Å². The minimum absolute atomic E-state index is 0.0195. The molecule has 106 valence electrons. The summed E-state index contributed by atoms with van der Waals surface area (Å²) in [5, 5.41) is 0. The van der Waals surface area contributed by atoms with Gasteiger partial charge in [-0.05, 0) is 25.0 Å². The van der Waals surface area contributed by atoms with Crippen LogP contribution in [0.4, 0.5) is 0 Å². The Hall–Kier alpha value is -0.910. The van der Waals surface area contributed by atoms with Gasteiger partial charge in [0.2, 0.25) is 10.0 Å². The molecule has 0 unspecified atom stereocenters. The fraction of sp³-hybridized carbons (Fsp3) is 0.571. The molecule has 0 amide bonds. The maximum Gasteiger partial charge on any atom is 0.243 e. The summed E-state index contributed by atoms with van der Waals surface area (Å²) in [6.45, 7) is 7.38. The average molecular weight is 283 g/mol. The first kappa shape index (κ1) is 14.5. The van der Waals surface area contributed by atoms with Gasteiger partial charge in [-0.15, -0.1) is 0 Å². The van der Waals surface area contributed by atoms with Crippen molar-refractivity contribution in [3.8, 4) is 0 Å². The molecule has 2 rings (SSSR count). The Labute approximate surface area is 115 Å². The summed E-state index contributed by atoms with van der Waals surface area (Å²) in [4.78, 5) is 0.363. The highest BCUT2D eigenvalue weighted by Gasteiger charge is 2.31. The molecule has 1 fully saturated rings. The van der Waals surface area contributed by atoms with E-state index in [1.165, 1.54) is 4.31 Å². The van der Waals surface area contributed by atoms with Crippen LogP contribution in [0, 0.1) is 12.8 Å². The molecule has 0 bridgehead atoms. The molecule has 4 nitrogen and oxygen atoms in total. The van der Waals surface area contributed by atoms with E-state index in [0.717, 1.165) is 5.56 Å². The summed E-state index contributed by atoms with van der Waals surface area (Å²) in [6, 6.07) is 7.00. The van der Waals surface area contributed by atoms with E-state index in [4.69, 9.17) is 4.74 Å². The van der Waals surface area contributed by atoms with Crippen molar-refractivity contribution in [2.24, 2.45) is 5.92 Å². The van der Waals surface area contributed by atoms with Gasteiger partial charge in [0.25, 0.3) is 0 Å². The molecule has 0 N–H and O–H groups in total. The van der Waals surface area contributed by atoms with E-state index in [-0.39, 0.29) is 6.10 Å². The van der Waals surface area contributed by atoms with Gasteiger partial charge in [0.1, 0.15) is 0 Å². The summed E-state index contributed by atoms with van der Waals surface area (Å²) in [7, 11) is -3.39. The second kappa shape index (κ2) is 5.61. The molecule has 1 aliphatic rings. The Bertz CT molecular complexity index is 522. The molecule has 5 heteroatoms. The largest absolute Gasteiger partial charge is 0.375 e. The Morgan fingerprint density at radius 1 is 1.26 bits per heavy atom. The summed E-state index contributed by atoms with van der Waals surface area (Å²) in [5.41, 5.74) is 1.06. The van der Waals surface area contributed by atoms with Crippen LogP contribution in [0.5, 0.6) is 0 Å². The van der Waals surface area contributed by atoms with E-state index in [1.54, 1.807) is 12.1 Å². The van der Waals surface area contributed by atoms with Crippen molar-refractivity contribution < 1.29 is 13.2 Å². The number of sulfonamides is 1. The predicted molar refractivity (Wildman–Crippen MR) is 74.5 cm³/mol. The van der Waals surface area contributed by atoms with E-state index < -0.39 is 10.0 Å². The first-order valence-corrected chi connectivity index (χ1v) is 8.03. The van der Waals surface area contributed by atoms with Crippen LogP contribution in [0.1, 0.15) is 19.4 Å². The number of benzene rings is 1. The van der Waals surface area contributed by atoms with E-state index in [1.807, 2.05) is 32.9 Å². The summed E-state index contributed by atoms with van der Waals surface area (Å²) >= 11 is 0. The van der Waals surface area contributed by atoms with Crippen LogP contribution in [0.3, 0.4) is 0 Å². The van der Waals surface area contributed by atoms with E-state index in [0.29, 0.717) is 30.5 Å². The van der Waals surface area contributed by atoms with Gasteiger partial charge in [-0.2, -0.15) is 4.31 Å². The normalized spacial score (nSPS) is 21.8. The van der Waals surface area contributed by atoms with Crippen LogP contribution >= 0.6 is 0 Å². The van der Waals surface area contributed by atoms with Gasteiger partial charge in [0.05, 0.1) is 17.6 Å². The third-order valence-electron chi connectivity index (χ3n) is 3.46. The Kier molecular flexibility index (Phi) is 4.28. The quantitative estimate of drug-likeness (QED) is 0.853. The SMILES string of the molecule is Cc1ccc(S(=O)(=O)N2CCO[C@@H](C(C)C)C2)cc1. The molecule has 0 radical (unpaired) electrons. The van der Waals surface area contributed by atoms with Gasteiger partial charge in [-0.1, -0.05) is 31.5 Å². The third-order valence-corrected chi connectivity index (χ3v) is 5.34. The first-order valence-electron chi connectivity index (χ1n) is 6.59. The standard InChI is InChI=1S/C14H21NO3S/c1-11(2)14-10-15(8-9-18-14)19(16,17)13-6-4-12(3)5-7-13/h4-7,11,14H,8-10H2,1-3H3/t14-/m1/s1. The maximum absolute atomic E-state index is 12.5. The molecule has 1 atom stereocenters. The van der Waals surface area contributed by atoms with Crippen molar-refractivity contribution in [2.45, 2.75) is 31.8 Å². The molecule has 0 aromatic heterocycles. The van der Waals surface area contributed by atoms with Crippen LogP contribution in [-0.4, -0.2) is 38.5 Å². The molecule has 1 saturated heterocycles. The number of nitrogens with zero attached hydrogens (tertiary/aromatic N) is 1. The lowest BCUT2D eigenvalue weighted by atomic mass is 10.1. The van der Waals surface area contributed by atoms with Gasteiger partial charge in [-0.25, -0.2) is 8.42 Å². The van der Waals surface area contributed by atoms with Gasteiger partial charge in [-0.3, -0.25) is 0 Å². The monoisotopic (exact) mass is 283 g/mol. The highest BCUT2D eigenvalue weighted by Crippen LogP contribution is 2.21. The number of rotatable bonds is 3. The topological polar surface area (TPSA) is 46.6 Å². The van der Waals surface area contributed by atoms with Crippen molar-refractivity contribution in [3.63, 3.8) is 0 Å². The molecule has 0 spiro atoms. The van der Waals surface area contributed by atoms with Crippen molar-refractivity contribution in [1.29, 1.82) is 0 Å². The Balaban J connectivity index is 2.22. The smallest absolute Gasteiger partial charge is 0.243 e. The van der Waals surface area contributed by atoms with Crippen molar-refractivity contribution in [1.82, 2.24) is 4.31 Å². The number of aryl methyl sites for hydroxylation is 1. The lowest BCUT2D eigenvalue weighted by molar-refractivity contribution is -0.0263. The van der Waals surface area contributed by atoms with E-state index >= 15 is 0 Å². The molecule has 1 aliphatic heterocycles. The lowest BCUT2D eigenvalue weighted by Crippen LogP contribution is -2.47.